The molecule has 1 aromatic carbocycles. The Morgan fingerprint density at radius 2 is 2.35 bits per heavy atom. The highest BCUT2D eigenvalue weighted by molar-refractivity contribution is 5.58. The molecule has 0 saturated heterocycles. The van der Waals surface area contributed by atoms with Crippen molar-refractivity contribution in [3.63, 3.8) is 0 Å². The van der Waals surface area contributed by atoms with Gasteiger partial charge in [0, 0.05) is 12.0 Å². The molecule has 1 aliphatic heterocycles. The number of nitrogens with zero attached hydrogens (tertiary/aromatic N) is 2. The summed E-state index contributed by atoms with van der Waals surface area (Å²) < 4.78 is 10.7. The molecule has 1 aromatic heterocycles. The number of hydrogen-bond acceptors (Lipinski definition) is 5. The molecule has 3 rings (SSSR count). The Morgan fingerprint density at radius 3 is 3.24 bits per heavy atom. The Morgan fingerprint density at radius 1 is 1.41 bits per heavy atom. The number of rotatable bonds is 3. The minimum Gasteiger partial charge on any atom is -0.493 e. The summed E-state index contributed by atoms with van der Waals surface area (Å²) in [7, 11) is 1.85. The lowest BCUT2D eigenvalue weighted by molar-refractivity contribution is 0.357. The molecule has 0 amide bonds. The van der Waals surface area contributed by atoms with Gasteiger partial charge in [-0.3, -0.25) is 0 Å². The number of aromatic nitrogens is 2. The molecule has 0 radical (unpaired) electrons. The van der Waals surface area contributed by atoms with Gasteiger partial charge < -0.3 is 14.6 Å². The lowest BCUT2D eigenvalue weighted by Gasteiger charge is -1.99. The summed E-state index contributed by atoms with van der Waals surface area (Å²) in [6.45, 7) is 1.37. The summed E-state index contributed by atoms with van der Waals surface area (Å²) in [5, 5.41) is 6.88. The van der Waals surface area contributed by atoms with Crippen LogP contribution in [-0.4, -0.2) is 23.8 Å². The predicted molar refractivity (Wildman–Crippen MR) is 61.7 cm³/mol. The Labute approximate surface area is 98.8 Å². The fourth-order valence-electron chi connectivity index (χ4n) is 1.92. The first-order chi connectivity index (χ1) is 8.36. The van der Waals surface area contributed by atoms with Gasteiger partial charge in [-0.05, 0) is 30.8 Å². The molecule has 0 fully saturated rings. The lowest BCUT2D eigenvalue weighted by atomic mass is 10.1. The Balaban J connectivity index is 1.92. The van der Waals surface area contributed by atoms with E-state index in [0.29, 0.717) is 18.3 Å². The first kappa shape index (κ1) is 10.3. The lowest BCUT2D eigenvalue weighted by Crippen LogP contribution is -2.06. The van der Waals surface area contributed by atoms with Crippen molar-refractivity contribution < 1.29 is 9.26 Å². The zero-order valence-corrected chi connectivity index (χ0v) is 9.56. The summed E-state index contributed by atoms with van der Waals surface area (Å²) in [5.74, 6) is 2.19. The largest absolute Gasteiger partial charge is 0.493 e. The number of benzene rings is 1. The third-order valence-electron chi connectivity index (χ3n) is 2.74. The molecule has 2 heterocycles. The number of nitrogens with one attached hydrogen (secondary N) is 1. The van der Waals surface area contributed by atoms with Crippen LogP contribution in [-0.2, 0) is 13.0 Å². The zero-order valence-electron chi connectivity index (χ0n) is 9.56. The molecule has 17 heavy (non-hydrogen) atoms. The summed E-state index contributed by atoms with van der Waals surface area (Å²) >= 11 is 0. The third kappa shape index (κ3) is 1.89. The van der Waals surface area contributed by atoms with Crippen molar-refractivity contribution in [2.45, 2.75) is 13.0 Å². The van der Waals surface area contributed by atoms with E-state index in [4.69, 9.17) is 9.26 Å². The van der Waals surface area contributed by atoms with Crippen LogP contribution in [0.3, 0.4) is 0 Å². The quantitative estimate of drug-likeness (QED) is 0.865. The van der Waals surface area contributed by atoms with Crippen LogP contribution in [0, 0.1) is 0 Å². The van der Waals surface area contributed by atoms with E-state index in [2.05, 4.69) is 21.5 Å². The van der Waals surface area contributed by atoms with Crippen LogP contribution in [0.25, 0.3) is 11.5 Å². The smallest absolute Gasteiger partial charge is 0.257 e. The van der Waals surface area contributed by atoms with Gasteiger partial charge >= 0.3 is 0 Å². The van der Waals surface area contributed by atoms with Crippen LogP contribution >= 0.6 is 0 Å². The number of ether oxygens (including phenoxy) is 1. The molecule has 5 heteroatoms. The molecular formula is C12H13N3O2. The Kier molecular flexibility index (Phi) is 2.53. The van der Waals surface area contributed by atoms with Crippen LogP contribution in [0.2, 0.25) is 0 Å². The SMILES string of the molecule is CNCc1noc(-c2ccc3c(c2)CCO3)n1. The molecule has 88 valence electrons. The van der Waals surface area contributed by atoms with Crippen LogP contribution in [0.4, 0.5) is 0 Å². The molecular weight excluding hydrogens is 218 g/mol. The third-order valence-corrected chi connectivity index (χ3v) is 2.74. The average Bonchev–Trinajstić information content (AvgIpc) is 2.96. The fraction of sp³-hybridized carbons (Fsp3) is 0.333. The molecule has 0 saturated carbocycles. The summed E-state index contributed by atoms with van der Waals surface area (Å²) in [4.78, 5) is 4.31. The van der Waals surface area contributed by atoms with E-state index >= 15 is 0 Å². The highest BCUT2D eigenvalue weighted by Crippen LogP contribution is 2.29. The van der Waals surface area contributed by atoms with Crippen molar-refractivity contribution >= 4 is 0 Å². The minimum atomic E-state index is 0.560. The van der Waals surface area contributed by atoms with E-state index in [9.17, 15) is 0 Å². The first-order valence-electron chi connectivity index (χ1n) is 5.60. The van der Waals surface area contributed by atoms with Gasteiger partial charge in [-0.15, -0.1) is 0 Å². The van der Waals surface area contributed by atoms with Crippen LogP contribution < -0.4 is 10.1 Å². The van der Waals surface area contributed by atoms with Gasteiger partial charge in [-0.1, -0.05) is 5.16 Å². The molecule has 0 atom stereocenters. The maximum absolute atomic E-state index is 5.46. The van der Waals surface area contributed by atoms with Crippen LogP contribution in [0.15, 0.2) is 22.7 Å². The maximum atomic E-state index is 5.46. The first-order valence-corrected chi connectivity index (χ1v) is 5.60. The van der Waals surface area contributed by atoms with E-state index < -0.39 is 0 Å². The van der Waals surface area contributed by atoms with E-state index in [1.54, 1.807) is 0 Å². The van der Waals surface area contributed by atoms with Crippen molar-refractivity contribution in [2.75, 3.05) is 13.7 Å². The Bertz CT molecular complexity index is 536. The zero-order chi connectivity index (χ0) is 11.7. The molecule has 1 aliphatic rings. The minimum absolute atomic E-state index is 0.560. The molecule has 2 aromatic rings. The molecule has 0 bridgehead atoms. The van der Waals surface area contributed by atoms with E-state index in [0.717, 1.165) is 24.3 Å². The summed E-state index contributed by atoms with van der Waals surface area (Å²) in [5.41, 5.74) is 2.15. The van der Waals surface area contributed by atoms with E-state index in [-0.39, 0.29) is 0 Å². The van der Waals surface area contributed by atoms with Gasteiger partial charge in [-0.2, -0.15) is 4.98 Å². The molecule has 1 N–H and O–H groups in total. The van der Waals surface area contributed by atoms with Crippen molar-refractivity contribution in [2.24, 2.45) is 0 Å². The van der Waals surface area contributed by atoms with Crippen molar-refractivity contribution in [3.05, 3.63) is 29.6 Å². The monoisotopic (exact) mass is 231 g/mol. The van der Waals surface area contributed by atoms with E-state index in [1.807, 2.05) is 19.2 Å². The Hall–Kier alpha value is -1.88. The molecule has 0 spiro atoms. The fourth-order valence-corrected chi connectivity index (χ4v) is 1.92. The highest BCUT2D eigenvalue weighted by Gasteiger charge is 2.15. The van der Waals surface area contributed by atoms with Gasteiger partial charge in [0.15, 0.2) is 5.82 Å². The number of fused-ring (bicyclic) bond motifs is 1. The van der Waals surface area contributed by atoms with Crippen molar-refractivity contribution in [1.82, 2.24) is 15.5 Å². The maximum Gasteiger partial charge on any atom is 0.257 e. The second kappa shape index (κ2) is 4.18. The highest BCUT2D eigenvalue weighted by atomic mass is 16.5. The molecule has 0 unspecified atom stereocenters. The normalized spacial score (nSPS) is 13.5. The second-order valence-corrected chi connectivity index (χ2v) is 3.97. The van der Waals surface area contributed by atoms with Gasteiger partial charge in [-0.25, -0.2) is 0 Å². The topological polar surface area (TPSA) is 60.2 Å². The summed E-state index contributed by atoms with van der Waals surface area (Å²) in [6, 6.07) is 5.96. The summed E-state index contributed by atoms with van der Waals surface area (Å²) in [6.07, 6.45) is 0.945. The predicted octanol–water partition coefficient (Wildman–Crippen LogP) is 1.39. The standard InChI is InChI=1S/C12H13N3O2/c1-13-7-11-14-12(17-15-11)9-2-3-10-8(6-9)4-5-16-10/h2-3,6,13H,4-5,7H2,1H3. The van der Waals surface area contributed by atoms with E-state index in [1.165, 1.54) is 5.56 Å². The second-order valence-electron chi connectivity index (χ2n) is 3.97. The van der Waals surface area contributed by atoms with Crippen molar-refractivity contribution in [3.8, 4) is 17.2 Å². The van der Waals surface area contributed by atoms with Gasteiger partial charge in [0.1, 0.15) is 5.75 Å². The number of hydrogen-bond donors (Lipinski definition) is 1. The van der Waals surface area contributed by atoms with Crippen LogP contribution in [0.5, 0.6) is 5.75 Å². The van der Waals surface area contributed by atoms with Gasteiger partial charge in [0.25, 0.3) is 5.89 Å². The molecule has 0 aliphatic carbocycles. The van der Waals surface area contributed by atoms with Crippen LogP contribution in [0.1, 0.15) is 11.4 Å². The average molecular weight is 231 g/mol. The van der Waals surface area contributed by atoms with Gasteiger partial charge in [0.05, 0.1) is 13.2 Å². The van der Waals surface area contributed by atoms with Gasteiger partial charge in [0.2, 0.25) is 0 Å². The molecule has 5 nitrogen and oxygen atoms in total. The van der Waals surface area contributed by atoms with Crippen molar-refractivity contribution in [1.29, 1.82) is 0 Å².